The molecule has 0 fully saturated rings. The van der Waals surface area contributed by atoms with Gasteiger partial charge in [0.1, 0.15) is 0 Å². The summed E-state index contributed by atoms with van der Waals surface area (Å²) in [6.07, 6.45) is 5.50. The summed E-state index contributed by atoms with van der Waals surface area (Å²) in [4.78, 5) is 4.20. The van der Waals surface area contributed by atoms with Crippen LogP contribution in [0.4, 0.5) is 0 Å². The number of halogens is 1. The molecule has 4 heteroatoms. The van der Waals surface area contributed by atoms with Crippen molar-refractivity contribution in [3.8, 4) is 0 Å². The Morgan fingerprint density at radius 2 is 2.36 bits per heavy atom. The Balaban J connectivity index is 2.18. The van der Waals surface area contributed by atoms with Crippen LogP contribution in [-0.2, 0) is 6.54 Å². The first-order chi connectivity index (χ1) is 6.74. The molecule has 0 aromatic carbocycles. The third-order valence-electron chi connectivity index (χ3n) is 1.86. The fraction of sp³-hybridized carbons (Fsp3) is 0.200. The molecule has 2 rings (SSSR count). The maximum atomic E-state index is 5.85. The number of rotatable bonds is 2. The van der Waals surface area contributed by atoms with Crippen LogP contribution < -0.4 is 0 Å². The molecule has 2 heterocycles. The molecular weight excluding hydrogens is 198 g/mol. The van der Waals surface area contributed by atoms with Crippen molar-refractivity contribution < 1.29 is 0 Å². The molecule has 2 aromatic rings. The molecule has 0 aliphatic rings. The van der Waals surface area contributed by atoms with E-state index in [2.05, 4.69) is 10.1 Å². The first kappa shape index (κ1) is 9.21. The molecule has 3 nitrogen and oxygen atoms in total. The number of aryl methyl sites for hydroxylation is 1. The summed E-state index contributed by atoms with van der Waals surface area (Å²) in [6.45, 7) is 2.67. The highest BCUT2D eigenvalue weighted by Crippen LogP contribution is 2.09. The minimum absolute atomic E-state index is 0.661. The average Bonchev–Trinajstić information content (AvgIpc) is 2.51. The Hall–Kier alpha value is -1.35. The van der Waals surface area contributed by atoms with Crippen LogP contribution in [0.25, 0.3) is 0 Å². The van der Waals surface area contributed by atoms with Crippen LogP contribution in [0.15, 0.2) is 30.7 Å². The molecule has 0 saturated carbocycles. The minimum Gasteiger partial charge on any atom is -0.266 e. The van der Waals surface area contributed by atoms with E-state index in [4.69, 9.17) is 11.6 Å². The summed E-state index contributed by atoms with van der Waals surface area (Å²) in [7, 11) is 0. The molecule has 0 amide bonds. The van der Waals surface area contributed by atoms with Crippen LogP contribution in [0.1, 0.15) is 11.3 Å². The summed E-state index contributed by atoms with van der Waals surface area (Å²) in [5.74, 6) is 0. The Labute approximate surface area is 87.3 Å². The number of aromatic nitrogens is 3. The van der Waals surface area contributed by atoms with Gasteiger partial charge >= 0.3 is 0 Å². The Bertz CT molecular complexity index is 436. The monoisotopic (exact) mass is 207 g/mol. The predicted molar refractivity (Wildman–Crippen MR) is 55.3 cm³/mol. The van der Waals surface area contributed by atoms with Gasteiger partial charge in [0.25, 0.3) is 0 Å². The van der Waals surface area contributed by atoms with Crippen LogP contribution in [0, 0.1) is 6.92 Å². The van der Waals surface area contributed by atoms with Gasteiger partial charge in [0.15, 0.2) is 0 Å². The van der Waals surface area contributed by atoms with E-state index in [1.54, 1.807) is 12.3 Å². The van der Waals surface area contributed by atoms with Crippen molar-refractivity contribution in [2.24, 2.45) is 0 Å². The molecular formula is C10H10ClN3. The van der Waals surface area contributed by atoms with Crippen LogP contribution in [-0.4, -0.2) is 14.8 Å². The number of pyridine rings is 1. The van der Waals surface area contributed by atoms with Gasteiger partial charge in [-0.2, -0.15) is 5.10 Å². The van der Waals surface area contributed by atoms with Crippen LogP contribution in [0.5, 0.6) is 0 Å². The van der Waals surface area contributed by atoms with Gasteiger partial charge in [0.05, 0.1) is 18.4 Å². The van der Waals surface area contributed by atoms with E-state index in [1.165, 1.54) is 0 Å². The zero-order valence-electron chi connectivity index (χ0n) is 7.81. The summed E-state index contributed by atoms with van der Waals surface area (Å²) in [5, 5.41) is 4.88. The predicted octanol–water partition coefficient (Wildman–Crippen LogP) is 2.29. The first-order valence-electron chi connectivity index (χ1n) is 4.33. The molecule has 0 unspecified atom stereocenters. The molecule has 0 saturated heterocycles. The van der Waals surface area contributed by atoms with Gasteiger partial charge in [-0.1, -0.05) is 11.6 Å². The molecule has 0 N–H and O–H groups in total. The standard InChI is InChI=1S/C10H10ClN3/c1-8-5-13-14(6-8)7-10-4-9(11)2-3-12-10/h2-6H,7H2,1H3. The lowest BCUT2D eigenvalue weighted by molar-refractivity contribution is 0.672. The second-order valence-corrected chi connectivity index (χ2v) is 3.62. The third kappa shape index (κ3) is 2.12. The number of hydrogen-bond acceptors (Lipinski definition) is 2. The smallest absolute Gasteiger partial charge is 0.0831 e. The van der Waals surface area contributed by atoms with Gasteiger partial charge in [-0.25, -0.2) is 0 Å². The zero-order valence-corrected chi connectivity index (χ0v) is 8.57. The minimum atomic E-state index is 0.661. The lowest BCUT2D eigenvalue weighted by Gasteiger charge is -2.00. The highest BCUT2D eigenvalue weighted by Gasteiger charge is 1.98. The topological polar surface area (TPSA) is 30.7 Å². The lowest BCUT2D eigenvalue weighted by atomic mass is 10.3. The maximum absolute atomic E-state index is 5.85. The molecule has 0 radical (unpaired) electrons. The Morgan fingerprint density at radius 1 is 1.50 bits per heavy atom. The van der Waals surface area contributed by atoms with E-state index >= 15 is 0 Å². The van der Waals surface area contributed by atoms with Gasteiger partial charge < -0.3 is 0 Å². The summed E-state index contributed by atoms with van der Waals surface area (Å²) in [6, 6.07) is 3.61. The molecule has 0 spiro atoms. The van der Waals surface area contributed by atoms with Crippen molar-refractivity contribution in [1.82, 2.24) is 14.8 Å². The highest BCUT2D eigenvalue weighted by molar-refractivity contribution is 6.30. The van der Waals surface area contributed by atoms with Crippen molar-refractivity contribution in [1.29, 1.82) is 0 Å². The van der Waals surface area contributed by atoms with E-state index in [9.17, 15) is 0 Å². The van der Waals surface area contributed by atoms with E-state index in [-0.39, 0.29) is 0 Å². The zero-order chi connectivity index (χ0) is 9.97. The van der Waals surface area contributed by atoms with Gasteiger partial charge in [-0.05, 0) is 24.6 Å². The van der Waals surface area contributed by atoms with Gasteiger partial charge in [0.2, 0.25) is 0 Å². The van der Waals surface area contributed by atoms with E-state index in [0.29, 0.717) is 11.6 Å². The number of nitrogens with zero attached hydrogens (tertiary/aromatic N) is 3. The summed E-state index contributed by atoms with van der Waals surface area (Å²) in [5.41, 5.74) is 2.06. The van der Waals surface area contributed by atoms with Crippen molar-refractivity contribution >= 4 is 11.6 Å². The van der Waals surface area contributed by atoms with Gasteiger partial charge in [0, 0.05) is 17.4 Å². The van der Waals surface area contributed by atoms with Crippen molar-refractivity contribution in [3.05, 3.63) is 47.0 Å². The van der Waals surface area contributed by atoms with Crippen LogP contribution >= 0.6 is 11.6 Å². The Kier molecular flexibility index (Phi) is 2.50. The second kappa shape index (κ2) is 3.80. The van der Waals surface area contributed by atoms with E-state index < -0.39 is 0 Å². The second-order valence-electron chi connectivity index (χ2n) is 3.18. The quantitative estimate of drug-likeness (QED) is 0.757. The van der Waals surface area contributed by atoms with E-state index in [0.717, 1.165) is 11.3 Å². The van der Waals surface area contributed by atoms with Crippen LogP contribution in [0.3, 0.4) is 0 Å². The van der Waals surface area contributed by atoms with Crippen molar-refractivity contribution in [3.63, 3.8) is 0 Å². The van der Waals surface area contributed by atoms with Crippen molar-refractivity contribution in [2.45, 2.75) is 13.5 Å². The summed E-state index contributed by atoms with van der Waals surface area (Å²) < 4.78 is 1.84. The third-order valence-corrected chi connectivity index (χ3v) is 2.10. The molecule has 0 aliphatic heterocycles. The largest absolute Gasteiger partial charge is 0.266 e. The fourth-order valence-corrected chi connectivity index (χ4v) is 1.44. The van der Waals surface area contributed by atoms with Crippen LogP contribution in [0.2, 0.25) is 5.02 Å². The normalized spacial score (nSPS) is 10.4. The summed E-state index contributed by atoms with van der Waals surface area (Å²) >= 11 is 5.85. The SMILES string of the molecule is Cc1cnn(Cc2cc(Cl)ccn2)c1. The number of hydrogen-bond donors (Lipinski definition) is 0. The maximum Gasteiger partial charge on any atom is 0.0831 e. The van der Waals surface area contributed by atoms with Gasteiger partial charge in [-0.3, -0.25) is 9.67 Å². The molecule has 72 valence electrons. The highest BCUT2D eigenvalue weighted by atomic mass is 35.5. The van der Waals surface area contributed by atoms with E-state index in [1.807, 2.05) is 30.1 Å². The Morgan fingerprint density at radius 3 is 3.00 bits per heavy atom. The average molecular weight is 208 g/mol. The molecule has 14 heavy (non-hydrogen) atoms. The van der Waals surface area contributed by atoms with Crippen molar-refractivity contribution in [2.75, 3.05) is 0 Å². The molecule has 0 atom stereocenters. The first-order valence-corrected chi connectivity index (χ1v) is 4.71. The van der Waals surface area contributed by atoms with Gasteiger partial charge in [-0.15, -0.1) is 0 Å². The lowest BCUT2D eigenvalue weighted by Crippen LogP contribution is -2.01. The fourth-order valence-electron chi connectivity index (χ4n) is 1.25. The molecule has 2 aromatic heterocycles. The molecule has 0 bridgehead atoms. The molecule has 0 aliphatic carbocycles.